The monoisotopic (exact) mass is 482 g/mol. The Labute approximate surface area is 206 Å². The van der Waals surface area contributed by atoms with Gasteiger partial charge in [0.15, 0.2) is 0 Å². The number of methoxy groups -OCH3 is 2. The predicted molar refractivity (Wildman–Crippen MR) is 134 cm³/mol. The molecule has 1 aliphatic heterocycles. The van der Waals surface area contributed by atoms with Crippen molar-refractivity contribution < 1.29 is 29.0 Å². The van der Waals surface area contributed by atoms with E-state index >= 15 is 0 Å². The second-order valence-electron chi connectivity index (χ2n) is 8.23. The molecule has 0 radical (unpaired) electrons. The molecule has 36 heavy (non-hydrogen) atoms. The first-order chi connectivity index (χ1) is 17.4. The molecule has 1 aromatic heterocycles. The molecule has 5 rings (SSSR count). The number of rotatable bonds is 5. The number of aromatic nitrogens is 1. The molecule has 3 aromatic carbocycles. The summed E-state index contributed by atoms with van der Waals surface area (Å²) in [5.74, 6) is -1.89. The number of Topliss-reactive ketones (excluding diaryl/α,β-unsaturated/α-hetero) is 1. The van der Waals surface area contributed by atoms with Gasteiger partial charge in [-0.05, 0) is 48.0 Å². The molecule has 1 aliphatic rings. The van der Waals surface area contributed by atoms with Gasteiger partial charge in [-0.25, -0.2) is 4.79 Å². The van der Waals surface area contributed by atoms with Gasteiger partial charge in [-0.1, -0.05) is 30.3 Å². The van der Waals surface area contributed by atoms with E-state index in [1.807, 2.05) is 24.3 Å². The number of fused-ring (bicyclic) bond motifs is 1. The molecule has 2 heterocycles. The number of H-pyrrole nitrogens is 1. The predicted octanol–water partition coefficient (Wildman–Crippen LogP) is 4.59. The van der Waals surface area contributed by atoms with Gasteiger partial charge >= 0.3 is 5.97 Å². The first kappa shape index (κ1) is 22.9. The van der Waals surface area contributed by atoms with Crippen molar-refractivity contribution in [2.24, 2.45) is 0 Å². The molecule has 1 fully saturated rings. The molecule has 0 saturated carbocycles. The molecule has 1 amide bonds. The number of anilines is 1. The number of aromatic amines is 1. The number of aliphatic hydroxyl groups is 1. The lowest BCUT2D eigenvalue weighted by molar-refractivity contribution is -0.132. The summed E-state index contributed by atoms with van der Waals surface area (Å²) in [5.41, 5.74) is 2.41. The van der Waals surface area contributed by atoms with Crippen LogP contribution in [0.25, 0.3) is 16.7 Å². The van der Waals surface area contributed by atoms with E-state index in [0.717, 1.165) is 5.52 Å². The van der Waals surface area contributed by atoms with Crippen LogP contribution in [0.5, 0.6) is 5.75 Å². The van der Waals surface area contributed by atoms with Gasteiger partial charge in [-0.2, -0.15) is 0 Å². The van der Waals surface area contributed by atoms with Crippen molar-refractivity contribution in [2.45, 2.75) is 6.04 Å². The fraction of sp³-hybridized carbons (Fsp3) is 0.107. The zero-order valence-electron chi connectivity index (χ0n) is 19.5. The number of ether oxygens (including phenoxy) is 2. The Morgan fingerprint density at radius 3 is 2.44 bits per heavy atom. The minimum atomic E-state index is -0.933. The standard InChI is InChI=1S/C28H22N2O6/c1-35-19-7-5-6-17(14-19)24-23(25(31)21-15-29-22-9-4-3-8-20(21)22)26(32)27(33)30(24)18-12-10-16(11-13-18)28(34)36-2/h3-15,24,29,31H,1-2H3/b25-23-. The lowest BCUT2D eigenvalue weighted by atomic mass is 9.94. The molecule has 0 aliphatic carbocycles. The number of nitrogens with one attached hydrogen (secondary N) is 1. The third-order valence-corrected chi connectivity index (χ3v) is 6.26. The third kappa shape index (κ3) is 3.69. The van der Waals surface area contributed by atoms with Crippen LogP contribution in [-0.4, -0.2) is 42.0 Å². The van der Waals surface area contributed by atoms with Crippen LogP contribution >= 0.6 is 0 Å². The highest BCUT2D eigenvalue weighted by Crippen LogP contribution is 2.43. The second kappa shape index (κ2) is 9.07. The highest BCUT2D eigenvalue weighted by atomic mass is 16.5. The lowest BCUT2D eigenvalue weighted by Crippen LogP contribution is -2.29. The van der Waals surface area contributed by atoms with Crippen LogP contribution in [0.4, 0.5) is 5.69 Å². The summed E-state index contributed by atoms with van der Waals surface area (Å²) in [6, 6.07) is 19.6. The molecule has 4 aromatic rings. The van der Waals surface area contributed by atoms with E-state index in [1.165, 1.54) is 31.3 Å². The molecule has 2 N–H and O–H groups in total. The Morgan fingerprint density at radius 1 is 0.972 bits per heavy atom. The number of carbonyl (C=O) groups is 3. The third-order valence-electron chi connectivity index (χ3n) is 6.26. The van der Waals surface area contributed by atoms with E-state index in [1.54, 1.807) is 42.6 Å². The van der Waals surface area contributed by atoms with Crippen LogP contribution in [0.3, 0.4) is 0 Å². The quantitative estimate of drug-likeness (QED) is 0.186. The summed E-state index contributed by atoms with van der Waals surface area (Å²) in [5, 5.41) is 12.2. The number of para-hydroxylation sites is 1. The van der Waals surface area contributed by atoms with E-state index in [-0.39, 0.29) is 11.3 Å². The van der Waals surface area contributed by atoms with E-state index in [4.69, 9.17) is 9.47 Å². The lowest BCUT2D eigenvalue weighted by Gasteiger charge is -2.25. The number of amides is 1. The summed E-state index contributed by atoms with van der Waals surface area (Å²) in [7, 11) is 2.80. The number of carbonyl (C=O) groups excluding carboxylic acids is 3. The Balaban J connectivity index is 1.71. The molecular weight excluding hydrogens is 460 g/mol. The summed E-state index contributed by atoms with van der Waals surface area (Å²) >= 11 is 0. The van der Waals surface area contributed by atoms with Gasteiger partial charge in [0.25, 0.3) is 11.7 Å². The minimum absolute atomic E-state index is 0.0462. The summed E-state index contributed by atoms with van der Waals surface area (Å²) in [6.45, 7) is 0. The molecule has 0 bridgehead atoms. The fourth-order valence-corrected chi connectivity index (χ4v) is 4.51. The Hall–Kier alpha value is -4.85. The van der Waals surface area contributed by atoms with Crippen LogP contribution < -0.4 is 9.64 Å². The van der Waals surface area contributed by atoms with Crippen molar-refractivity contribution in [1.82, 2.24) is 4.98 Å². The van der Waals surface area contributed by atoms with E-state index in [9.17, 15) is 19.5 Å². The van der Waals surface area contributed by atoms with E-state index in [2.05, 4.69) is 4.98 Å². The molecule has 8 heteroatoms. The Bertz CT molecular complexity index is 1530. The number of hydrogen-bond acceptors (Lipinski definition) is 6. The van der Waals surface area contributed by atoms with Crippen molar-refractivity contribution in [3.05, 3.63) is 101 Å². The average Bonchev–Trinajstić information content (AvgIpc) is 3.47. The maximum absolute atomic E-state index is 13.4. The van der Waals surface area contributed by atoms with Crippen molar-refractivity contribution in [3.63, 3.8) is 0 Å². The van der Waals surface area contributed by atoms with Gasteiger partial charge in [0.05, 0.1) is 31.4 Å². The van der Waals surface area contributed by atoms with Crippen LogP contribution in [-0.2, 0) is 14.3 Å². The van der Waals surface area contributed by atoms with Gasteiger partial charge in [0.2, 0.25) is 0 Å². The average molecular weight is 482 g/mol. The van der Waals surface area contributed by atoms with Gasteiger partial charge in [-0.3, -0.25) is 14.5 Å². The van der Waals surface area contributed by atoms with Crippen LogP contribution in [0.15, 0.2) is 84.6 Å². The van der Waals surface area contributed by atoms with Crippen molar-refractivity contribution in [3.8, 4) is 5.75 Å². The highest BCUT2D eigenvalue weighted by Gasteiger charge is 2.47. The summed E-state index contributed by atoms with van der Waals surface area (Å²) in [4.78, 5) is 43.1. The summed E-state index contributed by atoms with van der Waals surface area (Å²) in [6.07, 6.45) is 1.61. The SMILES string of the molecule is COC(=O)c1ccc(N2C(=O)C(=O)/C(=C(\O)c3c[nH]c4ccccc34)C2c2cccc(OC)c2)cc1. The van der Waals surface area contributed by atoms with Crippen LogP contribution in [0.2, 0.25) is 0 Å². The molecule has 0 spiro atoms. The molecule has 180 valence electrons. The van der Waals surface area contributed by atoms with Crippen molar-refractivity contribution in [2.75, 3.05) is 19.1 Å². The first-order valence-corrected chi connectivity index (χ1v) is 11.1. The van der Waals surface area contributed by atoms with E-state index in [0.29, 0.717) is 33.5 Å². The number of ketones is 1. The van der Waals surface area contributed by atoms with Gasteiger partial charge in [-0.15, -0.1) is 0 Å². The normalized spacial score (nSPS) is 16.9. The second-order valence-corrected chi connectivity index (χ2v) is 8.23. The van der Waals surface area contributed by atoms with Crippen molar-refractivity contribution in [1.29, 1.82) is 0 Å². The zero-order chi connectivity index (χ0) is 25.4. The number of benzene rings is 3. The maximum atomic E-state index is 13.4. The smallest absolute Gasteiger partial charge is 0.337 e. The highest BCUT2D eigenvalue weighted by molar-refractivity contribution is 6.51. The van der Waals surface area contributed by atoms with E-state index < -0.39 is 23.7 Å². The van der Waals surface area contributed by atoms with Crippen LogP contribution in [0.1, 0.15) is 27.5 Å². The Morgan fingerprint density at radius 2 is 1.72 bits per heavy atom. The zero-order valence-corrected chi connectivity index (χ0v) is 19.5. The van der Waals surface area contributed by atoms with Gasteiger partial charge in [0.1, 0.15) is 11.5 Å². The van der Waals surface area contributed by atoms with Crippen molar-refractivity contribution >= 4 is 40.0 Å². The maximum Gasteiger partial charge on any atom is 0.337 e. The largest absolute Gasteiger partial charge is 0.507 e. The summed E-state index contributed by atoms with van der Waals surface area (Å²) < 4.78 is 10.1. The fourth-order valence-electron chi connectivity index (χ4n) is 4.51. The molecule has 1 atom stereocenters. The molecule has 1 unspecified atom stereocenters. The van der Waals surface area contributed by atoms with Crippen LogP contribution in [0, 0.1) is 0 Å². The van der Waals surface area contributed by atoms with Gasteiger partial charge in [0, 0.05) is 28.4 Å². The topological polar surface area (TPSA) is 109 Å². The number of esters is 1. The molecule has 8 nitrogen and oxygen atoms in total. The first-order valence-electron chi connectivity index (χ1n) is 11.1. The minimum Gasteiger partial charge on any atom is -0.507 e. The number of hydrogen-bond donors (Lipinski definition) is 2. The van der Waals surface area contributed by atoms with Gasteiger partial charge < -0.3 is 19.6 Å². The molecule has 1 saturated heterocycles. The molecular formula is C28H22N2O6. The number of aliphatic hydroxyl groups excluding tert-OH is 1. The Kier molecular flexibility index (Phi) is 5.77. The number of nitrogens with zero attached hydrogens (tertiary/aromatic N) is 1.